The van der Waals surface area contributed by atoms with Gasteiger partial charge in [-0.3, -0.25) is 9.59 Å². The highest BCUT2D eigenvalue weighted by Gasteiger charge is 2.13. The summed E-state index contributed by atoms with van der Waals surface area (Å²) < 4.78 is 0. The molecule has 2 amide bonds. The quantitative estimate of drug-likeness (QED) is 0.810. The number of halogens is 1. The smallest absolute Gasteiger partial charge is 0.253 e. The molecule has 0 saturated heterocycles. The van der Waals surface area contributed by atoms with Gasteiger partial charge in [0, 0.05) is 38.2 Å². The molecule has 0 radical (unpaired) electrons. The van der Waals surface area contributed by atoms with E-state index in [1.54, 1.807) is 32.3 Å². The van der Waals surface area contributed by atoms with E-state index >= 15 is 0 Å². The molecule has 3 N–H and O–H groups in total. The van der Waals surface area contributed by atoms with Gasteiger partial charge in [-0.15, -0.1) is 0 Å². The highest BCUT2D eigenvalue weighted by atomic mass is 35.5. The summed E-state index contributed by atoms with van der Waals surface area (Å²) in [5, 5.41) is 2.92. The topological polar surface area (TPSA) is 75.4 Å². The number of nitrogens with two attached hydrogens (primary N) is 1. The van der Waals surface area contributed by atoms with Gasteiger partial charge < -0.3 is 16.0 Å². The van der Waals surface area contributed by atoms with Gasteiger partial charge in [0.05, 0.1) is 11.6 Å². The highest BCUT2D eigenvalue weighted by molar-refractivity contribution is 6.32. The SMILES string of the molecule is CNC(=O)CCN(C)C(=O)c1ccc(C#CCN)c(Cl)c1. The molecule has 0 fully saturated rings. The molecule has 0 aromatic heterocycles. The average molecular weight is 308 g/mol. The second-order valence-corrected chi connectivity index (χ2v) is 4.76. The van der Waals surface area contributed by atoms with E-state index in [-0.39, 0.29) is 24.8 Å². The number of benzene rings is 1. The lowest BCUT2D eigenvalue weighted by molar-refractivity contribution is -0.120. The van der Waals surface area contributed by atoms with Crippen LogP contribution in [0.5, 0.6) is 0 Å². The molecule has 0 heterocycles. The van der Waals surface area contributed by atoms with Crippen molar-refractivity contribution in [3.05, 3.63) is 34.3 Å². The van der Waals surface area contributed by atoms with Crippen LogP contribution in [0.1, 0.15) is 22.3 Å². The van der Waals surface area contributed by atoms with Crippen LogP contribution in [0.4, 0.5) is 0 Å². The van der Waals surface area contributed by atoms with Crippen LogP contribution in [0.15, 0.2) is 18.2 Å². The number of nitrogens with one attached hydrogen (secondary N) is 1. The third kappa shape index (κ3) is 5.10. The van der Waals surface area contributed by atoms with Crippen LogP contribution < -0.4 is 11.1 Å². The fraction of sp³-hybridized carbons (Fsp3) is 0.333. The molecule has 21 heavy (non-hydrogen) atoms. The van der Waals surface area contributed by atoms with E-state index in [1.165, 1.54) is 4.90 Å². The molecule has 1 rings (SSSR count). The van der Waals surface area contributed by atoms with Crippen molar-refractivity contribution in [2.75, 3.05) is 27.2 Å². The Hall–Kier alpha value is -2.03. The Morgan fingerprint density at radius 3 is 2.71 bits per heavy atom. The molecule has 0 bridgehead atoms. The van der Waals surface area contributed by atoms with E-state index in [0.717, 1.165) is 0 Å². The Kier molecular flexibility index (Phi) is 6.73. The largest absolute Gasteiger partial charge is 0.359 e. The highest BCUT2D eigenvalue weighted by Crippen LogP contribution is 2.18. The van der Waals surface area contributed by atoms with Crippen LogP contribution in [0.2, 0.25) is 5.02 Å². The first-order valence-electron chi connectivity index (χ1n) is 6.44. The Morgan fingerprint density at radius 2 is 2.14 bits per heavy atom. The first kappa shape index (κ1) is 17.0. The first-order valence-corrected chi connectivity index (χ1v) is 6.82. The molecule has 0 aliphatic rings. The minimum Gasteiger partial charge on any atom is -0.359 e. The van der Waals surface area contributed by atoms with Gasteiger partial charge in [-0.1, -0.05) is 23.4 Å². The summed E-state index contributed by atoms with van der Waals surface area (Å²) in [6.07, 6.45) is 0.256. The number of rotatable bonds is 4. The van der Waals surface area contributed by atoms with Gasteiger partial charge in [-0.25, -0.2) is 0 Å². The van der Waals surface area contributed by atoms with Crippen LogP contribution in [0.3, 0.4) is 0 Å². The monoisotopic (exact) mass is 307 g/mol. The third-order valence-electron chi connectivity index (χ3n) is 2.84. The van der Waals surface area contributed by atoms with Crippen molar-refractivity contribution in [2.45, 2.75) is 6.42 Å². The normalized spacial score (nSPS) is 9.52. The molecule has 112 valence electrons. The van der Waals surface area contributed by atoms with E-state index in [1.807, 2.05) is 0 Å². The van der Waals surface area contributed by atoms with E-state index in [9.17, 15) is 9.59 Å². The number of carbonyl (C=O) groups is 2. The predicted octanol–water partition coefficient (Wildman–Crippen LogP) is 0.858. The number of carbonyl (C=O) groups excluding carboxylic acids is 2. The van der Waals surface area contributed by atoms with Crippen molar-refractivity contribution in [3.8, 4) is 11.8 Å². The van der Waals surface area contributed by atoms with Crippen molar-refractivity contribution in [2.24, 2.45) is 5.73 Å². The van der Waals surface area contributed by atoms with Crippen LogP contribution in [-0.2, 0) is 4.79 Å². The average Bonchev–Trinajstić information content (AvgIpc) is 2.50. The minimum absolute atomic E-state index is 0.111. The number of amides is 2. The first-order chi connectivity index (χ1) is 9.99. The zero-order valence-electron chi connectivity index (χ0n) is 12.1. The van der Waals surface area contributed by atoms with Crippen LogP contribution in [0.25, 0.3) is 0 Å². The van der Waals surface area contributed by atoms with Crippen molar-refractivity contribution in [1.82, 2.24) is 10.2 Å². The van der Waals surface area contributed by atoms with E-state index in [4.69, 9.17) is 17.3 Å². The minimum atomic E-state index is -0.195. The Labute approximate surface area is 129 Å². The molecule has 0 spiro atoms. The van der Waals surface area contributed by atoms with Crippen LogP contribution in [0, 0.1) is 11.8 Å². The van der Waals surface area contributed by atoms with Crippen molar-refractivity contribution in [1.29, 1.82) is 0 Å². The number of hydrogen-bond donors (Lipinski definition) is 2. The summed E-state index contributed by atoms with van der Waals surface area (Å²) in [6, 6.07) is 4.91. The summed E-state index contributed by atoms with van der Waals surface area (Å²) >= 11 is 6.09. The Morgan fingerprint density at radius 1 is 1.43 bits per heavy atom. The Balaban J connectivity index is 2.78. The fourth-order valence-corrected chi connectivity index (χ4v) is 1.84. The molecule has 6 heteroatoms. The lowest BCUT2D eigenvalue weighted by Gasteiger charge is -2.17. The van der Waals surface area contributed by atoms with Gasteiger partial charge in [0.1, 0.15) is 0 Å². The maximum atomic E-state index is 12.2. The molecule has 5 nitrogen and oxygen atoms in total. The van der Waals surface area contributed by atoms with E-state index < -0.39 is 0 Å². The van der Waals surface area contributed by atoms with Crippen LogP contribution in [-0.4, -0.2) is 43.9 Å². The van der Waals surface area contributed by atoms with Gasteiger partial charge in [0.2, 0.25) is 5.91 Å². The summed E-state index contributed by atoms with van der Waals surface area (Å²) in [7, 11) is 3.20. The van der Waals surface area contributed by atoms with Gasteiger partial charge in [-0.05, 0) is 18.2 Å². The third-order valence-corrected chi connectivity index (χ3v) is 3.15. The molecular weight excluding hydrogens is 290 g/mol. The standard InChI is InChI=1S/C15H18ClN3O2/c1-18-14(20)7-9-19(2)15(21)12-6-5-11(4-3-8-17)13(16)10-12/h5-6,10H,7-9,17H2,1-2H3,(H,18,20). The van der Waals surface area contributed by atoms with Gasteiger partial charge >= 0.3 is 0 Å². The van der Waals surface area contributed by atoms with Gasteiger partial charge in [0.15, 0.2) is 0 Å². The summed E-state index contributed by atoms with van der Waals surface area (Å²) in [6.45, 7) is 0.587. The lowest BCUT2D eigenvalue weighted by atomic mass is 10.1. The molecule has 0 aliphatic heterocycles. The molecule has 1 aromatic rings. The van der Waals surface area contributed by atoms with Crippen molar-refractivity contribution >= 4 is 23.4 Å². The van der Waals surface area contributed by atoms with Crippen molar-refractivity contribution < 1.29 is 9.59 Å². The molecule has 0 atom stereocenters. The van der Waals surface area contributed by atoms with E-state index in [0.29, 0.717) is 22.7 Å². The maximum absolute atomic E-state index is 12.2. The zero-order valence-corrected chi connectivity index (χ0v) is 12.8. The Bertz CT molecular complexity index is 590. The lowest BCUT2D eigenvalue weighted by Crippen LogP contribution is -2.31. The second kappa shape index (κ2) is 8.30. The molecule has 1 aromatic carbocycles. The van der Waals surface area contributed by atoms with Gasteiger partial charge in [-0.2, -0.15) is 0 Å². The predicted molar refractivity (Wildman–Crippen MR) is 83.0 cm³/mol. The molecule has 0 unspecified atom stereocenters. The van der Waals surface area contributed by atoms with Gasteiger partial charge in [0.25, 0.3) is 5.91 Å². The summed E-state index contributed by atoms with van der Waals surface area (Å²) in [5.41, 5.74) is 6.39. The molecular formula is C15H18ClN3O2. The maximum Gasteiger partial charge on any atom is 0.253 e. The summed E-state index contributed by atoms with van der Waals surface area (Å²) in [5.74, 6) is 5.23. The van der Waals surface area contributed by atoms with Crippen molar-refractivity contribution in [3.63, 3.8) is 0 Å². The van der Waals surface area contributed by atoms with E-state index in [2.05, 4.69) is 17.2 Å². The fourth-order valence-electron chi connectivity index (χ4n) is 1.61. The van der Waals surface area contributed by atoms with Crippen LogP contribution >= 0.6 is 11.6 Å². The summed E-state index contributed by atoms with van der Waals surface area (Å²) in [4.78, 5) is 24.9. The second-order valence-electron chi connectivity index (χ2n) is 4.35. The number of nitrogens with zero attached hydrogens (tertiary/aromatic N) is 1. The zero-order chi connectivity index (χ0) is 15.8. The number of hydrogen-bond acceptors (Lipinski definition) is 3. The molecule has 0 aliphatic carbocycles. The molecule has 0 saturated carbocycles.